The lowest BCUT2D eigenvalue weighted by Crippen LogP contribution is -2.42. The molecule has 0 atom stereocenters. The molecule has 0 aromatic heterocycles. The summed E-state index contributed by atoms with van der Waals surface area (Å²) in [6.07, 6.45) is 0. The van der Waals surface area contributed by atoms with Crippen molar-refractivity contribution >= 4 is 5.96 Å². The molecule has 0 fully saturated rings. The first-order chi connectivity index (χ1) is 5.93. The first kappa shape index (κ1) is 13.6. The zero-order valence-electron chi connectivity index (χ0n) is 7.03. The normalized spacial score (nSPS) is 7.54. The van der Waals surface area contributed by atoms with Gasteiger partial charge in [-0.25, -0.2) is 20.2 Å². The van der Waals surface area contributed by atoms with Gasteiger partial charge in [0.25, 0.3) is 0 Å². The van der Waals surface area contributed by atoms with E-state index in [0.717, 1.165) is 0 Å². The van der Waals surface area contributed by atoms with Crippen molar-refractivity contribution in [2.45, 2.75) is 0 Å². The molecule has 0 aromatic carbocycles. The molecule has 0 heterocycles. The fourth-order valence-electron chi connectivity index (χ4n) is 0.208. The number of nitrogens with zero attached hydrogens (tertiary/aromatic N) is 2. The van der Waals surface area contributed by atoms with Gasteiger partial charge in [0.2, 0.25) is 0 Å². The van der Waals surface area contributed by atoms with E-state index in [1.807, 2.05) is 14.1 Å². The molecule has 0 saturated carbocycles. The highest BCUT2D eigenvalue weighted by atomic mass is 16.7. The van der Waals surface area contributed by atoms with E-state index < -0.39 is 16.0 Å². The minimum atomic E-state index is -1.08. The van der Waals surface area contributed by atoms with Crippen LogP contribution in [0.15, 0.2) is 0 Å². The van der Waals surface area contributed by atoms with E-state index in [2.05, 4.69) is 5.32 Å². The van der Waals surface area contributed by atoms with Gasteiger partial charge in [-0.15, -0.1) is 0 Å². The third-order valence-electron chi connectivity index (χ3n) is 0.406. The molecule has 0 radical (unpaired) electrons. The Balaban J connectivity index is 0. The van der Waals surface area contributed by atoms with Crippen molar-refractivity contribution in [3.63, 3.8) is 0 Å². The van der Waals surface area contributed by atoms with Crippen molar-refractivity contribution in [1.82, 2.24) is 16.2 Å². The van der Waals surface area contributed by atoms with Crippen LogP contribution in [0.3, 0.4) is 0 Å². The average Bonchev–Trinajstić information content (AvgIpc) is 1.83. The molecule has 0 saturated heterocycles. The summed E-state index contributed by atoms with van der Waals surface area (Å²) in [4.78, 5) is 19.0. The highest BCUT2D eigenvalue weighted by molar-refractivity contribution is 5.73. The van der Waals surface area contributed by atoms with Crippen molar-refractivity contribution < 1.29 is 10.1 Å². The molecule has 76 valence electrons. The predicted molar refractivity (Wildman–Crippen MR) is 43.0 cm³/mol. The molecule has 10 nitrogen and oxygen atoms in total. The first-order valence-corrected chi connectivity index (χ1v) is 2.93. The largest absolute Gasteiger partial charge is 0.323 e. The number of nitrogens with one attached hydrogen (secondary N) is 4. The first-order valence-electron chi connectivity index (χ1n) is 2.93. The van der Waals surface area contributed by atoms with Crippen LogP contribution in [0.5, 0.6) is 0 Å². The Hall–Kier alpha value is -1.97. The minimum Gasteiger partial charge on any atom is -0.323 e. The van der Waals surface area contributed by atoms with E-state index in [1.165, 1.54) is 10.9 Å². The second-order valence-corrected chi connectivity index (χ2v) is 1.61. The van der Waals surface area contributed by atoms with Crippen LogP contribution in [0.2, 0.25) is 0 Å². The standard InChI is InChI=1S/C2H7N.CH3N5O4/c1-3-2;2-1(3-5(7)8)4-6(9)10/h3H,1-2H3;(H3,2,3,4). The second-order valence-electron chi connectivity index (χ2n) is 1.61. The van der Waals surface area contributed by atoms with Crippen LogP contribution in [0, 0.1) is 25.6 Å². The number of hydrogen-bond acceptors (Lipinski definition) is 6. The van der Waals surface area contributed by atoms with Gasteiger partial charge in [0.05, 0.1) is 0 Å². The van der Waals surface area contributed by atoms with Crippen molar-refractivity contribution in [2.75, 3.05) is 14.1 Å². The zero-order valence-corrected chi connectivity index (χ0v) is 7.03. The van der Waals surface area contributed by atoms with Crippen molar-refractivity contribution in [3.05, 3.63) is 20.2 Å². The van der Waals surface area contributed by atoms with Crippen molar-refractivity contribution in [2.24, 2.45) is 0 Å². The summed E-state index contributed by atoms with van der Waals surface area (Å²) in [5.41, 5.74) is 2.45. The lowest BCUT2D eigenvalue weighted by atomic mass is 11.1. The number of nitro groups is 2. The molecule has 13 heavy (non-hydrogen) atoms. The number of hydrazine groups is 2. The topological polar surface area (TPSA) is 146 Å². The van der Waals surface area contributed by atoms with Crippen LogP contribution in [0.25, 0.3) is 0 Å². The smallest absolute Gasteiger partial charge is 0.312 e. The monoisotopic (exact) mass is 194 g/mol. The van der Waals surface area contributed by atoms with Crippen LogP contribution >= 0.6 is 0 Å². The summed E-state index contributed by atoms with van der Waals surface area (Å²) in [5.74, 6) is -0.991. The maximum Gasteiger partial charge on any atom is 0.312 e. The van der Waals surface area contributed by atoms with Crippen molar-refractivity contribution in [1.29, 1.82) is 5.41 Å². The lowest BCUT2D eigenvalue weighted by Gasteiger charge is -1.93. The Morgan fingerprint density at radius 2 is 1.38 bits per heavy atom. The van der Waals surface area contributed by atoms with Gasteiger partial charge in [-0.05, 0) is 14.1 Å². The van der Waals surface area contributed by atoms with Crippen molar-refractivity contribution in [3.8, 4) is 0 Å². The van der Waals surface area contributed by atoms with E-state index in [1.54, 1.807) is 0 Å². The molecular formula is C3H10N6O4. The van der Waals surface area contributed by atoms with E-state index in [-0.39, 0.29) is 0 Å². The molecule has 0 rings (SSSR count). The van der Waals surface area contributed by atoms with Crippen LogP contribution in [0.4, 0.5) is 0 Å². The quantitative estimate of drug-likeness (QED) is 0.177. The number of guanidine groups is 1. The van der Waals surface area contributed by atoms with Crippen LogP contribution in [-0.2, 0) is 0 Å². The van der Waals surface area contributed by atoms with Gasteiger partial charge in [-0.2, -0.15) is 0 Å². The summed E-state index contributed by atoms with van der Waals surface area (Å²) >= 11 is 0. The Kier molecular flexibility index (Phi) is 8.51. The molecule has 0 aliphatic rings. The van der Waals surface area contributed by atoms with Gasteiger partial charge in [-0.3, -0.25) is 5.41 Å². The summed E-state index contributed by atoms with van der Waals surface area (Å²) < 4.78 is 0. The van der Waals surface area contributed by atoms with Gasteiger partial charge in [0, 0.05) is 0 Å². The third-order valence-corrected chi connectivity index (χ3v) is 0.406. The van der Waals surface area contributed by atoms with E-state index >= 15 is 0 Å². The van der Waals surface area contributed by atoms with Gasteiger partial charge < -0.3 is 5.32 Å². The summed E-state index contributed by atoms with van der Waals surface area (Å²) in [6.45, 7) is 0. The molecule has 0 spiro atoms. The SMILES string of the molecule is CNC.N=C(N[N+](=O)[O-])N[N+](=O)[O-]. The number of hydrogen-bond donors (Lipinski definition) is 4. The molecule has 0 aliphatic carbocycles. The molecule has 4 N–H and O–H groups in total. The fourth-order valence-corrected chi connectivity index (χ4v) is 0.208. The van der Waals surface area contributed by atoms with Gasteiger partial charge in [-0.1, -0.05) is 10.9 Å². The van der Waals surface area contributed by atoms with E-state index in [4.69, 9.17) is 5.41 Å². The highest BCUT2D eigenvalue weighted by Gasteiger charge is 2.06. The summed E-state index contributed by atoms with van der Waals surface area (Å²) in [7, 11) is 3.75. The summed E-state index contributed by atoms with van der Waals surface area (Å²) in [6, 6.07) is 0. The van der Waals surface area contributed by atoms with E-state index in [0.29, 0.717) is 0 Å². The average molecular weight is 194 g/mol. The Bertz CT molecular complexity index is 174. The minimum absolute atomic E-state index is 0.991. The Morgan fingerprint density at radius 3 is 1.54 bits per heavy atom. The maximum absolute atomic E-state index is 9.48. The molecule has 0 aromatic rings. The van der Waals surface area contributed by atoms with Gasteiger partial charge in [0.15, 0.2) is 10.1 Å². The van der Waals surface area contributed by atoms with Gasteiger partial charge in [0.1, 0.15) is 0 Å². The molecule has 0 amide bonds. The Morgan fingerprint density at radius 1 is 1.15 bits per heavy atom. The lowest BCUT2D eigenvalue weighted by molar-refractivity contribution is -0.548. The molecule has 0 bridgehead atoms. The molecule has 10 heteroatoms. The van der Waals surface area contributed by atoms with Crippen LogP contribution in [0.1, 0.15) is 0 Å². The molecular weight excluding hydrogens is 184 g/mol. The highest BCUT2D eigenvalue weighted by Crippen LogP contribution is 1.61. The fraction of sp³-hybridized carbons (Fsp3) is 0.667. The zero-order chi connectivity index (χ0) is 10.9. The second kappa shape index (κ2) is 8.13. The summed E-state index contributed by atoms with van der Waals surface area (Å²) in [5, 5.41) is 26.0. The Labute approximate surface area is 73.1 Å². The third kappa shape index (κ3) is 17.8. The molecule has 0 aliphatic heterocycles. The van der Waals surface area contributed by atoms with E-state index in [9.17, 15) is 20.2 Å². The predicted octanol–water partition coefficient (Wildman–Crippen LogP) is -1.68. The number of rotatable bonds is 2. The maximum atomic E-state index is 9.48. The van der Waals surface area contributed by atoms with Gasteiger partial charge >= 0.3 is 5.96 Å². The molecule has 0 unspecified atom stereocenters. The van der Waals surface area contributed by atoms with Crippen LogP contribution < -0.4 is 16.2 Å². The van der Waals surface area contributed by atoms with Crippen LogP contribution in [-0.4, -0.2) is 30.1 Å².